The van der Waals surface area contributed by atoms with E-state index in [4.69, 9.17) is 5.73 Å². The van der Waals surface area contributed by atoms with Crippen LogP contribution in [0.2, 0.25) is 0 Å². The van der Waals surface area contributed by atoms with Crippen LogP contribution in [0.25, 0.3) is 0 Å². The van der Waals surface area contributed by atoms with Gasteiger partial charge in [-0.1, -0.05) is 12.8 Å². The molecular formula is C13H20N4O3. The molecule has 1 aromatic heterocycles. The van der Waals surface area contributed by atoms with Crippen LogP contribution in [0.3, 0.4) is 0 Å². The number of nitrogens with one attached hydrogen (secondary N) is 1. The Morgan fingerprint density at radius 2 is 2.05 bits per heavy atom. The predicted octanol–water partition coefficient (Wildman–Crippen LogP) is -0.329. The second-order valence-electron chi connectivity index (χ2n) is 5.09. The van der Waals surface area contributed by atoms with E-state index in [9.17, 15) is 14.4 Å². The number of amides is 1. The van der Waals surface area contributed by atoms with Gasteiger partial charge in [-0.2, -0.15) is 0 Å². The minimum Gasteiger partial charge on any atom is -0.393 e. The number of carbonyl (C=O) groups excluding carboxylic acids is 1. The van der Waals surface area contributed by atoms with Gasteiger partial charge in [0.2, 0.25) is 5.91 Å². The van der Waals surface area contributed by atoms with E-state index >= 15 is 0 Å². The fourth-order valence-electron chi connectivity index (χ4n) is 2.53. The topological polar surface area (TPSA) is 99.1 Å². The Balaban J connectivity index is 2.20. The lowest BCUT2D eigenvalue weighted by molar-refractivity contribution is -0.122. The SMILES string of the molecule is CCn1cc(N)c(=O)n(CC(=O)NC2CCCC2)c1=O. The highest BCUT2D eigenvalue weighted by Gasteiger charge is 2.18. The van der Waals surface area contributed by atoms with Gasteiger partial charge >= 0.3 is 5.69 Å². The normalized spacial score (nSPS) is 15.4. The summed E-state index contributed by atoms with van der Waals surface area (Å²) >= 11 is 0. The Morgan fingerprint density at radius 3 is 2.65 bits per heavy atom. The zero-order chi connectivity index (χ0) is 14.7. The largest absolute Gasteiger partial charge is 0.393 e. The molecule has 7 nitrogen and oxygen atoms in total. The highest BCUT2D eigenvalue weighted by molar-refractivity contribution is 5.76. The summed E-state index contributed by atoms with van der Waals surface area (Å²) in [7, 11) is 0. The van der Waals surface area contributed by atoms with Crippen LogP contribution in [0.4, 0.5) is 5.69 Å². The molecular weight excluding hydrogens is 260 g/mol. The van der Waals surface area contributed by atoms with Gasteiger partial charge in [0.1, 0.15) is 12.2 Å². The summed E-state index contributed by atoms with van der Waals surface area (Å²) < 4.78 is 2.21. The van der Waals surface area contributed by atoms with Crippen molar-refractivity contribution in [2.75, 3.05) is 5.73 Å². The summed E-state index contributed by atoms with van der Waals surface area (Å²) in [5, 5.41) is 2.85. The number of hydrogen-bond donors (Lipinski definition) is 2. The molecule has 3 N–H and O–H groups in total. The summed E-state index contributed by atoms with van der Waals surface area (Å²) in [6.45, 7) is 1.89. The van der Waals surface area contributed by atoms with Gasteiger partial charge in [-0.05, 0) is 19.8 Å². The van der Waals surface area contributed by atoms with Gasteiger partial charge in [0.15, 0.2) is 0 Å². The molecule has 0 aliphatic heterocycles. The Morgan fingerprint density at radius 1 is 1.40 bits per heavy atom. The number of aromatic nitrogens is 2. The van der Waals surface area contributed by atoms with Crippen molar-refractivity contribution in [2.45, 2.75) is 51.7 Å². The fraction of sp³-hybridized carbons (Fsp3) is 0.615. The monoisotopic (exact) mass is 280 g/mol. The molecule has 1 amide bonds. The number of carbonyl (C=O) groups is 1. The summed E-state index contributed by atoms with van der Waals surface area (Å²) in [5.41, 5.74) is 4.44. The average molecular weight is 280 g/mol. The Kier molecular flexibility index (Phi) is 4.26. The van der Waals surface area contributed by atoms with Crippen LogP contribution in [0, 0.1) is 0 Å². The molecule has 0 bridgehead atoms. The van der Waals surface area contributed by atoms with Crippen molar-refractivity contribution < 1.29 is 4.79 Å². The molecule has 0 aromatic carbocycles. The molecule has 1 aromatic rings. The average Bonchev–Trinajstić information content (AvgIpc) is 2.91. The first-order valence-electron chi connectivity index (χ1n) is 6.92. The zero-order valence-electron chi connectivity index (χ0n) is 11.6. The number of nitrogens with zero attached hydrogens (tertiary/aromatic N) is 2. The first-order chi connectivity index (χ1) is 9.52. The first-order valence-corrected chi connectivity index (χ1v) is 6.92. The molecule has 1 fully saturated rings. The Bertz CT molecular complexity index is 611. The Hall–Kier alpha value is -2.05. The number of aryl methyl sites for hydroxylation is 1. The maximum atomic E-state index is 12.0. The van der Waals surface area contributed by atoms with Crippen molar-refractivity contribution in [3.05, 3.63) is 27.0 Å². The first kappa shape index (κ1) is 14.4. The van der Waals surface area contributed by atoms with Crippen LogP contribution < -0.4 is 22.3 Å². The molecule has 0 radical (unpaired) electrons. The quantitative estimate of drug-likeness (QED) is 0.789. The van der Waals surface area contributed by atoms with E-state index in [1.807, 2.05) is 0 Å². The standard InChI is InChI=1S/C13H20N4O3/c1-2-16-7-10(14)12(19)17(13(16)20)8-11(18)15-9-5-3-4-6-9/h7,9H,2-6,8,14H2,1H3,(H,15,18). The fourth-order valence-corrected chi connectivity index (χ4v) is 2.53. The van der Waals surface area contributed by atoms with E-state index in [1.54, 1.807) is 6.92 Å². The third-order valence-electron chi connectivity index (χ3n) is 3.63. The summed E-state index contributed by atoms with van der Waals surface area (Å²) in [4.78, 5) is 35.8. The van der Waals surface area contributed by atoms with E-state index in [1.165, 1.54) is 10.8 Å². The molecule has 0 unspecified atom stereocenters. The third kappa shape index (κ3) is 2.92. The molecule has 110 valence electrons. The van der Waals surface area contributed by atoms with Crippen LogP contribution in [-0.4, -0.2) is 21.1 Å². The minimum atomic E-state index is -0.610. The van der Waals surface area contributed by atoms with Crippen LogP contribution in [-0.2, 0) is 17.9 Å². The van der Waals surface area contributed by atoms with Gasteiger partial charge in [0.05, 0.1) is 0 Å². The lowest BCUT2D eigenvalue weighted by Crippen LogP contribution is -2.45. The summed E-state index contributed by atoms with van der Waals surface area (Å²) in [6, 6.07) is 0.160. The lowest BCUT2D eigenvalue weighted by Gasteiger charge is -2.13. The van der Waals surface area contributed by atoms with Gasteiger partial charge in [0.25, 0.3) is 5.56 Å². The second kappa shape index (κ2) is 5.94. The van der Waals surface area contributed by atoms with Crippen LogP contribution >= 0.6 is 0 Å². The molecule has 7 heteroatoms. The molecule has 1 heterocycles. The number of nitrogen functional groups attached to an aromatic ring is 1. The zero-order valence-corrected chi connectivity index (χ0v) is 11.6. The van der Waals surface area contributed by atoms with E-state index in [0.29, 0.717) is 6.54 Å². The maximum absolute atomic E-state index is 12.0. The second-order valence-corrected chi connectivity index (χ2v) is 5.09. The number of nitrogens with two attached hydrogens (primary N) is 1. The highest BCUT2D eigenvalue weighted by atomic mass is 16.2. The van der Waals surface area contributed by atoms with E-state index in [-0.39, 0.29) is 24.2 Å². The van der Waals surface area contributed by atoms with Crippen molar-refractivity contribution in [1.82, 2.24) is 14.5 Å². The summed E-state index contributed by atoms with van der Waals surface area (Å²) in [5.74, 6) is -0.315. The molecule has 0 saturated heterocycles. The van der Waals surface area contributed by atoms with Gasteiger partial charge in [-0.3, -0.25) is 14.2 Å². The van der Waals surface area contributed by atoms with E-state index in [0.717, 1.165) is 30.3 Å². The third-order valence-corrected chi connectivity index (χ3v) is 3.63. The smallest absolute Gasteiger partial charge is 0.331 e. The highest BCUT2D eigenvalue weighted by Crippen LogP contribution is 2.17. The molecule has 1 aliphatic rings. The number of anilines is 1. The molecule has 0 atom stereocenters. The molecule has 0 spiro atoms. The lowest BCUT2D eigenvalue weighted by atomic mass is 10.2. The van der Waals surface area contributed by atoms with Gasteiger partial charge in [-0.25, -0.2) is 9.36 Å². The van der Waals surface area contributed by atoms with Crippen LogP contribution in [0.5, 0.6) is 0 Å². The van der Waals surface area contributed by atoms with Crippen LogP contribution in [0.15, 0.2) is 15.8 Å². The van der Waals surface area contributed by atoms with E-state index < -0.39 is 11.2 Å². The molecule has 1 saturated carbocycles. The number of rotatable bonds is 4. The Labute approximate surface area is 116 Å². The van der Waals surface area contributed by atoms with E-state index in [2.05, 4.69) is 5.32 Å². The minimum absolute atomic E-state index is 0.0277. The van der Waals surface area contributed by atoms with Crippen molar-refractivity contribution >= 4 is 11.6 Å². The number of hydrogen-bond acceptors (Lipinski definition) is 4. The predicted molar refractivity (Wildman–Crippen MR) is 75.4 cm³/mol. The molecule has 2 rings (SSSR count). The van der Waals surface area contributed by atoms with Crippen molar-refractivity contribution in [3.8, 4) is 0 Å². The molecule has 20 heavy (non-hydrogen) atoms. The molecule has 1 aliphatic carbocycles. The van der Waals surface area contributed by atoms with Crippen LogP contribution in [0.1, 0.15) is 32.6 Å². The maximum Gasteiger partial charge on any atom is 0.331 e. The van der Waals surface area contributed by atoms with Gasteiger partial charge in [-0.15, -0.1) is 0 Å². The van der Waals surface area contributed by atoms with Crippen molar-refractivity contribution in [3.63, 3.8) is 0 Å². The van der Waals surface area contributed by atoms with Gasteiger partial charge < -0.3 is 11.1 Å². The summed E-state index contributed by atoms with van der Waals surface area (Å²) in [6.07, 6.45) is 5.43. The van der Waals surface area contributed by atoms with Gasteiger partial charge in [0, 0.05) is 18.8 Å². The van der Waals surface area contributed by atoms with Crippen molar-refractivity contribution in [1.29, 1.82) is 0 Å². The van der Waals surface area contributed by atoms with Crippen molar-refractivity contribution in [2.24, 2.45) is 0 Å².